The number of rotatable bonds is 8. The minimum Gasteiger partial charge on any atom is -0.490 e. The van der Waals surface area contributed by atoms with E-state index in [2.05, 4.69) is 9.62 Å². The van der Waals surface area contributed by atoms with Crippen LogP contribution in [-0.2, 0) is 16.6 Å². The lowest BCUT2D eigenvalue weighted by molar-refractivity contribution is 0.0443. The Morgan fingerprint density at radius 2 is 1.62 bits per heavy atom. The highest BCUT2D eigenvalue weighted by Gasteiger charge is 2.42. The van der Waals surface area contributed by atoms with Gasteiger partial charge in [0.05, 0.1) is 10.8 Å². The van der Waals surface area contributed by atoms with Crippen LogP contribution in [0, 0.1) is 5.82 Å². The zero-order valence-corrected chi connectivity index (χ0v) is 22.6. The van der Waals surface area contributed by atoms with E-state index in [4.69, 9.17) is 27.9 Å². The topological polar surface area (TPSA) is 75.7 Å². The lowest BCUT2D eigenvalue weighted by atomic mass is 9.95. The van der Waals surface area contributed by atoms with Gasteiger partial charge in [0, 0.05) is 28.7 Å². The van der Waals surface area contributed by atoms with Crippen molar-refractivity contribution in [3.8, 4) is 5.75 Å². The molecule has 2 bridgehead atoms. The fourth-order valence-corrected chi connectivity index (χ4v) is 7.72. The highest BCUT2D eigenvalue weighted by molar-refractivity contribution is 7.91. The van der Waals surface area contributed by atoms with Gasteiger partial charge in [-0.2, -0.15) is 0 Å². The third-order valence-electron chi connectivity index (χ3n) is 8.02. The molecule has 4 aliphatic rings. The Balaban J connectivity index is 1.18. The Labute approximate surface area is 226 Å². The van der Waals surface area contributed by atoms with Crippen molar-refractivity contribution in [1.82, 2.24) is 9.62 Å². The molecule has 2 aromatic carbocycles. The number of benzene rings is 2. The highest BCUT2D eigenvalue weighted by Crippen LogP contribution is 2.45. The number of sulfonamides is 1. The number of amides is 1. The molecule has 2 aliphatic heterocycles. The van der Waals surface area contributed by atoms with Gasteiger partial charge < -0.3 is 4.74 Å². The third kappa shape index (κ3) is 5.49. The molecule has 0 unspecified atom stereocenters. The molecule has 4 fully saturated rings. The summed E-state index contributed by atoms with van der Waals surface area (Å²) in [5, 5.41) is 0.541. The van der Waals surface area contributed by atoms with Crippen LogP contribution in [-0.4, -0.2) is 42.7 Å². The molecule has 37 heavy (non-hydrogen) atoms. The van der Waals surface area contributed by atoms with Crippen molar-refractivity contribution in [2.24, 2.45) is 0 Å². The van der Waals surface area contributed by atoms with E-state index in [0.717, 1.165) is 49.7 Å². The molecule has 10 heteroatoms. The van der Waals surface area contributed by atoms with Gasteiger partial charge in [0.15, 0.2) is 0 Å². The smallest absolute Gasteiger partial charge is 0.267 e. The highest BCUT2D eigenvalue weighted by atomic mass is 35.5. The zero-order valence-electron chi connectivity index (χ0n) is 20.3. The molecule has 6 nitrogen and oxygen atoms in total. The Bertz CT molecular complexity index is 1310. The number of carbonyl (C=O) groups is 1. The fraction of sp³-hybridized carbons (Fsp3) is 0.519. The molecule has 2 saturated carbocycles. The van der Waals surface area contributed by atoms with Crippen LogP contribution in [0.4, 0.5) is 4.39 Å². The number of piperidine rings is 1. The second-order valence-electron chi connectivity index (χ2n) is 10.9. The van der Waals surface area contributed by atoms with Crippen molar-refractivity contribution in [3.05, 3.63) is 62.9 Å². The molecule has 2 aromatic rings. The Hall–Kier alpha value is -1.87. The number of halogens is 3. The van der Waals surface area contributed by atoms with Crippen LogP contribution in [0.5, 0.6) is 5.75 Å². The Morgan fingerprint density at radius 3 is 2.22 bits per heavy atom. The summed E-state index contributed by atoms with van der Waals surface area (Å²) >= 11 is 12.3. The molecule has 0 aromatic heterocycles. The van der Waals surface area contributed by atoms with Crippen LogP contribution in [0.25, 0.3) is 0 Å². The summed E-state index contributed by atoms with van der Waals surface area (Å²) in [7, 11) is -3.74. The number of ether oxygens (including phenoxy) is 1. The van der Waals surface area contributed by atoms with Gasteiger partial charge in [0.25, 0.3) is 5.91 Å². The van der Waals surface area contributed by atoms with Gasteiger partial charge in [-0.15, -0.1) is 0 Å². The van der Waals surface area contributed by atoms with Gasteiger partial charge in [0.1, 0.15) is 17.7 Å². The van der Waals surface area contributed by atoms with Crippen molar-refractivity contribution < 1.29 is 22.3 Å². The summed E-state index contributed by atoms with van der Waals surface area (Å²) in [5.41, 5.74) is 1.66. The van der Waals surface area contributed by atoms with Crippen LogP contribution in [0.3, 0.4) is 0 Å². The van der Waals surface area contributed by atoms with Gasteiger partial charge in [-0.3, -0.25) is 9.69 Å². The van der Waals surface area contributed by atoms with E-state index in [1.807, 2.05) is 0 Å². The average Bonchev–Trinajstić information content (AvgIpc) is 3.71. The van der Waals surface area contributed by atoms with E-state index in [1.54, 1.807) is 24.3 Å². The molecule has 6 rings (SSSR count). The number of hydrogen-bond donors (Lipinski definition) is 1. The van der Waals surface area contributed by atoms with Crippen molar-refractivity contribution >= 4 is 39.1 Å². The third-order valence-corrected chi connectivity index (χ3v) is 10.3. The van der Waals surface area contributed by atoms with Gasteiger partial charge in [-0.05, 0) is 98.7 Å². The number of hydrogen-bond acceptors (Lipinski definition) is 5. The average molecular weight is 568 g/mol. The second-order valence-corrected chi connectivity index (χ2v) is 13.7. The molecule has 1 N–H and O–H groups in total. The van der Waals surface area contributed by atoms with Gasteiger partial charge in [0.2, 0.25) is 10.0 Å². The predicted octanol–water partition coefficient (Wildman–Crippen LogP) is 5.81. The van der Waals surface area contributed by atoms with Crippen LogP contribution in [0.15, 0.2) is 30.3 Å². The molecule has 2 saturated heterocycles. The van der Waals surface area contributed by atoms with Crippen LogP contribution < -0.4 is 9.46 Å². The molecule has 3 atom stereocenters. The SMILES string of the molecule is O=C(NS(=O)(=O)C1CC1)c1cc(C2CC2)c(CN2[C@@H]3CC[C@H]2C[C@H](Oc2cc(Cl)cc(Cl)c2)C3)cc1F. The predicted molar refractivity (Wildman–Crippen MR) is 140 cm³/mol. The monoisotopic (exact) mass is 566 g/mol. The summed E-state index contributed by atoms with van der Waals surface area (Å²) in [6, 6.07) is 8.91. The first-order valence-corrected chi connectivity index (χ1v) is 15.2. The normalized spacial score (nSPS) is 25.8. The molecule has 2 heterocycles. The van der Waals surface area contributed by atoms with E-state index in [0.29, 0.717) is 47.3 Å². The first-order chi connectivity index (χ1) is 17.7. The van der Waals surface area contributed by atoms with Crippen molar-refractivity contribution in [2.75, 3.05) is 0 Å². The van der Waals surface area contributed by atoms with E-state index >= 15 is 4.39 Å². The van der Waals surface area contributed by atoms with E-state index in [9.17, 15) is 13.2 Å². The maximum Gasteiger partial charge on any atom is 0.267 e. The van der Waals surface area contributed by atoms with E-state index in [-0.39, 0.29) is 17.6 Å². The van der Waals surface area contributed by atoms with E-state index < -0.39 is 27.0 Å². The van der Waals surface area contributed by atoms with Gasteiger partial charge in [-0.1, -0.05) is 23.2 Å². The van der Waals surface area contributed by atoms with E-state index in [1.165, 1.54) is 6.07 Å². The molecule has 198 valence electrons. The summed E-state index contributed by atoms with van der Waals surface area (Å²) in [6.45, 7) is 0.607. The standard InChI is InChI=1S/C27H29Cl2FN2O4S/c28-17-8-18(29)10-21(9-17)36-22-11-19-3-4-20(12-22)32(19)14-16-7-26(30)25(13-24(16)15-1-2-15)27(33)31-37(34,35)23-5-6-23/h7-10,13,15,19-20,22-23H,1-6,11-12,14H2,(H,31,33)/t19-,20+,22-. The lowest BCUT2D eigenvalue weighted by Crippen LogP contribution is -2.45. The van der Waals surface area contributed by atoms with Gasteiger partial charge >= 0.3 is 0 Å². The maximum absolute atomic E-state index is 15.2. The largest absolute Gasteiger partial charge is 0.490 e. The molecular weight excluding hydrogens is 538 g/mol. The Kier molecular flexibility index (Phi) is 6.66. The number of carbonyl (C=O) groups excluding carboxylic acids is 1. The first kappa shape index (κ1) is 25.4. The summed E-state index contributed by atoms with van der Waals surface area (Å²) in [4.78, 5) is 15.1. The van der Waals surface area contributed by atoms with Crippen LogP contribution >= 0.6 is 23.2 Å². The van der Waals surface area contributed by atoms with Crippen molar-refractivity contribution in [1.29, 1.82) is 0 Å². The maximum atomic E-state index is 15.2. The fourth-order valence-electron chi connectivity index (χ4n) is 5.93. The molecule has 2 aliphatic carbocycles. The summed E-state index contributed by atoms with van der Waals surface area (Å²) in [5.74, 6) is -0.595. The number of nitrogens with zero attached hydrogens (tertiary/aromatic N) is 1. The molecule has 0 radical (unpaired) electrons. The molecule has 1 amide bonds. The lowest BCUT2D eigenvalue weighted by Gasteiger charge is -2.39. The minimum absolute atomic E-state index is 0.0578. The van der Waals surface area contributed by atoms with Crippen molar-refractivity contribution in [3.63, 3.8) is 0 Å². The van der Waals surface area contributed by atoms with Gasteiger partial charge in [-0.25, -0.2) is 17.5 Å². The molecular formula is C27H29Cl2FN2O4S. The summed E-state index contributed by atoms with van der Waals surface area (Å²) in [6.07, 6.45) is 6.95. The quantitative estimate of drug-likeness (QED) is 0.436. The summed E-state index contributed by atoms with van der Waals surface area (Å²) < 4.78 is 47.9. The van der Waals surface area contributed by atoms with Crippen LogP contribution in [0.1, 0.15) is 78.8 Å². The second kappa shape index (κ2) is 9.70. The van der Waals surface area contributed by atoms with Crippen molar-refractivity contribution in [2.45, 2.75) is 87.3 Å². The number of fused-ring (bicyclic) bond motifs is 2. The zero-order chi connectivity index (χ0) is 25.9. The molecule has 0 spiro atoms. The minimum atomic E-state index is -3.74. The number of nitrogens with one attached hydrogen (secondary N) is 1. The first-order valence-electron chi connectivity index (χ1n) is 12.9. The van der Waals surface area contributed by atoms with Crippen LogP contribution in [0.2, 0.25) is 10.0 Å². The Morgan fingerprint density at radius 1 is 0.973 bits per heavy atom.